The summed E-state index contributed by atoms with van der Waals surface area (Å²) in [6.45, 7) is 0.367. The number of halogens is 1. The molecular formula is C25H27ClN2O5. The van der Waals surface area contributed by atoms with Gasteiger partial charge in [0.25, 0.3) is 0 Å². The molecule has 0 unspecified atom stereocenters. The maximum atomic E-state index is 12.9. The molecule has 3 rings (SSSR count). The number of esters is 1. The number of rotatable bonds is 5. The molecule has 1 heterocycles. The van der Waals surface area contributed by atoms with Crippen molar-refractivity contribution in [2.45, 2.75) is 38.0 Å². The average Bonchev–Trinajstić information content (AvgIpc) is 2.82. The highest BCUT2D eigenvalue weighted by atomic mass is 35.5. The number of carbonyl (C=O) groups excluding carboxylic acids is 3. The van der Waals surface area contributed by atoms with Gasteiger partial charge in [-0.2, -0.15) is 0 Å². The zero-order valence-corrected chi connectivity index (χ0v) is 18.8. The zero-order valence-electron chi connectivity index (χ0n) is 18.1. The molecule has 0 aliphatic carbocycles. The molecule has 2 aromatic rings. The summed E-state index contributed by atoms with van der Waals surface area (Å²) in [5, 5.41) is 16.3. The van der Waals surface area contributed by atoms with Crippen molar-refractivity contribution in [2.24, 2.45) is 5.92 Å². The van der Waals surface area contributed by atoms with E-state index >= 15 is 0 Å². The van der Waals surface area contributed by atoms with Crippen LogP contribution in [0.25, 0.3) is 0 Å². The van der Waals surface area contributed by atoms with Crippen LogP contribution in [0.4, 0.5) is 0 Å². The summed E-state index contributed by atoms with van der Waals surface area (Å²) < 4.78 is 5.46. The first-order valence-electron chi connectivity index (χ1n) is 10.8. The smallest absolute Gasteiger partial charge is 0.335 e. The van der Waals surface area contributed by atoms with E-state index in [4.69, 9.17) is 16.3 Å². The number of cyclic esters (lactones) is 1. The van der Waals surface area contributed by atoms with Gasteiger partial charge in [-0.3, -0.25) is 9.59 Å². The monoisotopic (exact) mass is 470 g/mol. The number of hydrogen-bond acceptors (Lipinski definition) is 5. The van der Waals surface area contributed by atoms with Crippen molar-refractivity contribution in [3.63, 3.8) is 0 Å². The molecule has 0 saturated carbocycles. The van der Waals surface area contributed by atoms with Crippen molar-refractivity contribution < 1.29 is 24.2 Å². The lowest BCUT2D eigenvalue weighted by Gasteiger charge is -2.23. The topological polar surface area (TPSA) is 105 Å². The molecular weight excluding hydrogens is 444 g/mol. The lowest BCUT2D eigenvalue weighted by atomic mass is 9.98. The van der Waals surface area contributed by atoms with Crippen LogP contribution in [0.1, 0.15) is 36.5 Å². The summed E-state index contributed by atoms with van der Waals surface area (Å²) in [5.74, 6) is -1.91. The second-order valence-corrected chi connectivity index (χ2v) is 8.28. The molecule has 2 aromatic carbocycles. The first-order valence-corrected chi connectivity index (χ1v) is 11.2. The second kappa shape index (κ2) is 12.2. The minimum Gasteiger partial charge on any atom is -0.454 e. The van der Waals surface area contributed by atoms with E-state index in [1.54, 1.807) is 48.6 Å². The highest BCUT2D eigenvalue weighted by Gasteiger charge is 2.26. The molecule has 0 radical (unpaired) electrons. The molecule has 7 nitrogen and oxygen atoms in total. The molecule has 174 valence electrons. The van der Waals surface area contributed by atoms with Crippen molar-refractivity contribution in [2.75, 3.05) is 6.54 Å². The van der Waals surface area contributed by atoms with Crippen LogP contribution in [-0.4, -0.2) is 35.5 Å². The van der Waals surface area contributed by atoms with Gasteiger partial charge in [0.15, 0.2) is 6.10 Å². The predicted molar refractivity (Wildman–Crippen MR) is 124 cm³/mol. The van der Waals surface area contributed by atoms with Crippen molar-refractivity contribution >= 4 is 29.4 Å². The van der Waals surface area contributed by atoms with E-state index in [2.05, 4.69) is 10.6 Å². The van der Waals surface area contributed by atoms with Gasteiger partial charge in [0.2, 0.25) is 11.8 Å². The Hall–Kier alpha value is -3.16. The Kier molecular flexibility index (Phi) is 9.04. The lowest BCUT2D eigenvalue weighted by molar-refractivity contribution is -0.159. The minimum absolute atomic E-state index is 0.00209. The summed E-state index contributed by atoms with van der Waals surface area (Å²) in [6, 6.07) is 16.1. The normalized spacial score (nSPS) is 22.8. The zero-order chi connectivity index (χ0) is 23.6. The van der Waals surface area contributed by atoms with Crippen LogP contribution in [0, 0.1) is 5.92 Å². The number of carbonyl (C=O) groups is 3. The van der Waals surface area contributed by atoms with E-state index in [0.717, 1.165) is 5.56 Å². The van der Waals surface area contributed by atoms with Crippen LogP contribution in [0.5, 0.6) is 0 Å². The van der Waals surface area contributed by atoms with Gasteiger partial charge in [0.05, 0.1) is 12.5 Å². The largest absolute Gasteiger partial charge is 0.454 e. The number of hydrogen-bond donors (Lipinski definition) is 3. The minimum atomic E-state index is -1.30. The maximum absolute atomic E-state index is 12.9. The Morgan fingerprint density at radius 1 is 1.06 bits per heavy atom. The first kappa shape index (κ1) is 24.5. The van der Waals surface area contributed by atoms with Gasteiger partial charge >= 0.3 is 5.97 Å². The van der Waals surface area contributed by atoms with Gasteiger partial charge in [0, 0.05) is 24.4 Å². The number of amides is 2. The fourth-order valence-electron chi connectivity index (χ4n) is 3.42. The third-order valence-corrected chi connectivity index (χ3v) is 5.57. The van der Waals surface area contributed by atoms with E-state index < -0.39 is 24.1 Å². The molecule has 3 N–H and O–H groups in total. The summed E-state index contributed by atoms with van der Waals surface area (Å²) in [7, 11) is 0. The van der Waals surface area contributed by atoms with E-state index in [1.165, 1.54) is 0 Å². The van der Waals surface area contributed by atoms with Crippen LogP contribution in [0.2, 0.25) is 5.02 Å². The summed E-state index contributed by atoms with van der Waals surface area (Å²) in [6.07, 6.45) is 1.64. The SMILES string of the molecule is O=C(C[C@@H]1C/C=C\C[C@H](O)C(=O)O[C@H](c2ccccc2)CNC1=O)NCc1ccc(Cl)cc1. The molecule has 33 heavy (non-hydrogen) atoms. The lowest BCUT2D eigenvalue weighted by Crippen LogP contribution is -2.38. The van der Waals surface area contributed by atoms with Gasteiger partial charge in [-0.25, -0.2) is 4.79 Å². The Morgan fingerprint density at radius 3 is 2.48 bits per heavy atom. The van der Waals surface area contributed by atoms with Crippen LogP contribution < -0.4 is 10.6 Å². The Morgan fingerprint density at radius 2 is 1.76 bits per heavy atom. The molecule has 3 atom stereocenters. The van der Waals surface area contributed by atoms with E-state index in [9.17, 15) is 19.5 Å². The van der Waals surface area contributed by atoms with Gasteiger partial charge in [0.1, 0.15) is 6.10 Å². The van der Waals surface area contributed by atoms with Gasteiger partial charge in [-0.05, 0) is 29.7 Å². The standard InChI is InChI=1S/C25H27ClN2O5/c26-20-12-10-17(11-13-20)15-27-23(30)14-19-8-4-5-9-21(29)25(32)33-22(16-28-24(19)31)18-6-2-1-3-7-18/h1-7,10-13,19,21-22,29H,8-9,14-16H2,(H,27,30)(H,28,31)/b5-4-/t19-,21-,22-/m0/s1. The highest BCUT2D eigenvalue weighted by molar-refractivity contribution is 6.30. The summed E-state index contributed by atoms with van der Waals surface area (Å²) in [5.41, 5.74) is 1.60. The Labute approximate surface area is 197 Å². The van der Waals surface area contributed by atoms with Crippen molar-refractivity contribution in [1.29, 1.82) is 0 Å². The number of allylic oxidation sites excluding steroid dienone is 1. The molecule has 0 saturated heterocycles. The first-order chi connectivity index (χ1) is 15.9. The number of benzene rings is 2. The molecule has 0 spiro atoms. The molecule has 0 bridgehead atoms. The number of nitrogens with one attached hydrogen (secondary N) is 2. The van der Waals surface area contributed by atoms with E-state index in [-0.39, 0.29) is 31.2 Å². The number of ether oxygens (including phenoxy) is 1. The van der Waals surface area contributed by atoms with E-state index in [0.29, 0.717) is 23.6 Å². The highest BCUT2D eigenvalue weighted by Crippen LogP contribution is 2.20. The third kappa shape index (κ3) is 7.73. The second-order valence-electron chi connectivity index (χ2n) is 7.84. The average molecular weight is 471 g/mol. The summed E-state index contributed by atoms with van der Waals surface area (Å²) >= 11 is 5.88. The predicted octanol–water partition coefficient (Wildman–Crippen LogP) is 3.07. The maximum Gasteiger partial charge on any atom is 0.335 e. The van der Waals surface area contributed by atoms with Crippen LogP contribution >= 0.6 is 11.6 Å². The molecule has 0 aromatic heterocycles. The van der Waals surface area contributed by atoms with Gasteiger partial charge in [-0.1, -0.05) is 66.2 Å². The van der Waals surface area contributed by atoms with Crippen LogP contribution in [0.3, 0.4) is 0 Å². The molecule has 0 fully saturated rings. The fraction of sp³-hybridized carbons (Fsp3) is 0.320. The van der Waals surface area contributed by atoms with E-state index in [1.807, 2.05) is 18.2 Å². The molecule has 8 heteroatoms. The molecule has 1 aliphatic rings. The Bertz CT molecular complexity index is 978. The number of aliphatic hydroxyl groups excluding tert-OH is 1. The number of aliphatic hydroxyl groups is 1. The fourth-order valence-corrected chi connectivity index (χ4v) is 3.54. The van der Waals surface area contributed by atoms with Crippen molar-refractivity contribution in [3.05, 3.63) is 82.9 Å². The van der Waals surface area contributed by atoms with Crippen molar-refractivity contribution in [3.8, 4) is 0 Å². The Balaban J connectivity index is 1.66. The van der Waals surface area contributed by atoms with Crippen LogP contribution in [0.15, 0.2) is 66.7 Å². The van der Waals surface area contributed by atoms with Crippen molar-refractivity contribution in [1.82, 2.24) is 10.6 Å². The third-order valence-electron chi connectivity index (χ3n) is 5.32. The summed E-state index contributed by atoms with van der Waals surface area (Å²) in [4.78, 5) is 37.6. The quantitative estimate of drug-likeness (QED) is 0.460. The molecule has 1 aliphatic heterocycles. The van der Waals surface area contributed by atoms with Crippen LogP contribution in [-0.2, 0) is 25.7 Å². The van der Waals surface area contributed by atoms with Gasteiger partial charge < -0.3 is 20.5 Å². The van der Waals surface area contributed by atoms with Gasteiger partial charge in [-0.15, -0.1) is 0 Å². The molecule has 2 amide bonds.